The molecule has 0 amide bonds. The van der Waals surface area contributed by atoms with E-state index in [9.17, 15) is 0 Å². The van der Waals surface area contributed by atoms with Gasteiger partial charge >= 0.3 is 0 Å². The van der Waals surface area contributed by atoms with E-state index in [1.807, 2.05) is 18.2 Å². The molecule has 2 N–H and O–H groups in total. The van der Waals surface area contributed by atoms with Crippen molar-refractivity contribution in [3.63, 3.8) is 0 Å². The van der Waals surface area contributed by atoms with Gasteiger partial charge in [0.05, 0.1) is 12.3 Å². The third-order valence-electron chi connectivity index (χ3n) is 3.52. The van der Waals surface area contributed by atoms with Crippen molar-refractivity contribution in [2.24, 2.45) is 0 Å². The van der Waals surface area contributed by atoms with Gasteiger partial charge < -0.3 is 5.11 Å². The second-order valence-electron chi connectivity index (χ2n) is 5.07. The molecule has 1 aliphatic rings. The molecule has 19 heavy (non-hydrogen) atoms. The molecule has 0 saturated heterocycles. The molecule has 2 aromatic rings. The maximum Gasteiger partial charge on any atom is 0.0924 e. The Morgan fingerprint density at radius 2 is 2.05 bits per heavy atom. The van der Waals surface area contributed by atoms with Crippen molar-refractivity contribution in [3.8, 4) is 11.3 Å². The second kappa shape index (κ2) is 5.55. The normalized spacial score (nSPS) is 15.1. The number of hydrogen-bond acceptors (Lipinski definition) is 3. The van der Waals surface area contributed by atoms with Gasteiger partial charge in [-0.3, -0.25) is 10.00 Å². The number of aliphatic hydroxyl groups excluding tert-OH is 1. The molecule has 0 radical (unpaired) electrons. The third-order valence-corrected chi connectivity index (χ3v) is 3.52. The van der Waals surface area contributed by atoms with E-state index in [2.05, 4.69) is 33.3 Å². The van der Waals surface area contributed by atoms with Crippen LogP contribution in [0.4, 0.5) is 0 Å². The molecule has 0 atom stereocenters. The fourth-order valence-electron chi connectivity index (χ4n) is 2.38. The van der Waals surface area contributed by atoms with E-state index in [0.29, 0.717) is 6.04 Å². The molecule has 0 aliphatic heterocycles. The molecule has 0 bridgehead atoms. The van der Waals surface area contributed by atoms with Crippen LogP contribution in [0, 0.1) is 0 Å². The predicted molar refractivity (Wildman–Crippen MR) is 74.5 cm³/mol. The molecule has 0 spiro atoms. The number of aromatic amines is 1. The first-order valence-electron chi connectivity index (χ1n) is 6.81. The Hall–Kier alpha value is -1.65. The Bertz CT molecular complexity index is 519. The lowest BCUT2D eigenvalue weighted by Gasteiger charge is -2.19. The highest BCUT2D eigenvalue weighted by molar-refractivity contribution is 5.58. The van der Waals surface area contributed by atoms with Crippen molar-refractivity contribution in [2.75, 3.05) is 13.2 Å². The Morgan fingerprint density at radius 3 is 2.74 bits per heavy atom. The molecular formula is C15H19N3O. The summed E-state index contributed by atoms with van der Waals surface area (Å²) < 4.78 is 0. The molecule has 3 rings (SSSR count). The van der Waals surface area contributed by atoms with E-state index in [1.54, 1.807) is 0 Å². The maximum absolute atomic E-state index is 9.11. The van der Waals surface area contributed by atoms with Crippen LogP contribution in [0.5, 0.6) is 0 Å². The van der Waals surface area contributed by atoms with Crippen molar-refractivity contribution >= 4 is 0 Å². The minimum Gasteiger partial charge on any atom is -0.395 e. The van der Waals surface area contributed by atoms with Crippen LogP contribution in [0.2, 0.25) is 0 Å². The van der Waals surface area contributed by atoms with Gasteiger partial charge in [-0.2, -0.15) is 5.10 Å². The molecule has 100 valence electrons. The standard InChI is InChI=1S/C15H19N3O/c19-9-8-18(14-6-7-14)11-13-10-15(17-16-13)12-4-2-1-3-5-12/h1-5,10,14,19H,6-9,11H2,(H,16,17). The van der Waals surface area contributed by atoms with Crippen LogP contribution >= 0.6 is 0 Å². The SMILES string of the molecule is OCCN(Cc1cc(-c2ccccc2)n[nH]1)C1CC1. The number of nitrogens with zero attached hydrogens (tertiary/aromatic N) is 2. The third kappa shape index (κ3) is 3.03. The summed E-state index contributed by atoms with van der Waals surface area (Å²) in [7, 11) is 0. The van der Waals surface area contributed by atoms with Crippen LogP contribution in [0.1, 0.15) is 18.5 Å². The van der Waals surface area contributed by atoms with Gasteiger partial charge in [-0.15, -0.1) is 0 Å². The fourth-order valence-corrected chi connectivity index (χ4v) is 2.38. The summed E-state index contributed by atoms with van der Waals surface area (Å²) >= 11 is 0. The molecule has 4 nitrogen and oxygen atoms in total. The zero-order chi connectivity index (χ0) is 13.1. The molecule has 1 aromatic carbocycles. The summed E-state index contributed by atoms with van der Waals surface area (Å²) in [6, 6.07) is 12.9. The van der Waals surface area contributed by atoms with Crippen LogP contribution in [-0.2, 0) is 6.54 Å². The smallest absolute Gasteiger partial charge is 0.0924 e. The molecule has 1 aliphatic carbocycles. The van der Waals surface area contributed by atoms with Gasteiger partial charge in [0, 0.05) is 30.4 Å². The van der Waals surface area contributed by atoms with Gasteiger partial charge in [0.15, 0.2) is 0 Å². The molecule has 1 fully saturated rings. The molecule has 1 saturated carbocycles. The number of hydrogen-bond donors (Lipinski definition) is 2. The highest BCUT2D eigenvalue weighted by Crippen LogP contribution is 2.28. The molecule has 0 unspecified atom stereocenters. The van der Waals surface area contributed by atoms with E-state index >= 15 is 0 Å². The zero-order valence-electron chi connectivity index (χ0n) is 10.9. The lowest BCUT2D eigenvalue weighted by atomic mass is 10.1. The lowest BCUT2D eigenvalue weighted by Crippen LogP contribution is -2.28. The topological polar surface area (TPSA) is 52.1 Å². The van der Waals surface area contributed by atoms with Gasteiger partial charge in [-0.05, 0) is 18.9 Å². The van der Waals surface area contributed by atoms with Gasteiger partial charge in [0.25, 0.3) is 0 Å². The van der Waals surface area contributed by atoms with Gasteiger partial charge in [-0.1, -0.05) is 30.3 Å². The summed E-state index contributed by atoms with van der Waals surface area (Å²) in [6.45, 7) is 1.80. The maximum atomic E-state index is 9.11. The molecule has 1 heterocycles. The van der Waals surface area contributed by atoms with E-state index in [4.69, 9.17) is 5.11 Å². The monoisotopic (exact) mass is 257 g/mol. The zero-order valence-corrected chi connectivity index (χ0v) is 10.9. The van der Waals surface area contributed by atoms with Crippen molar-refractivity contribution in [3.05, 3.63) is 42.1 Å². The number of H-pyrrole nitrogens is 1. The highest BCUT2D eigenvalue weighted by Gasteiger charge is 2.28. The summed E-state index contributed by atoms with van der Waals surface area (Å²) in [5.74, 6) is 0. The van der Waals surface area contributed by atoms with Crippen LogP contribution < -0.4 is 0 Å². The number of nitrogens with one attached hydrogen (secondary N) is 1. The van der Waals surface area contributed by atoms with Crippen molar-refractivity contribution in [1.82, 2.24) is 15.1 Å². The van der Waals surface area contributed by atoms with Crippen molar-refractivity contribution in [1.29, 1.82) is 0 Å². The number of aromatic nitrogens is 2. The van der Waals surface area contributed by atoms with Crippen LogP contribution in [-0.4, -0.2) is 39.4 Å². The van der Waals surface area contributed by atoms with E-state index in [0.717, 1.165) is 30.0 Å². The van der Waals surface area contributed by atoms with Gasteiger partial charge in [-0.25, -0.2) is 0 Å². The first-order valence-corrected chi connectivity index (χ1v) is 6.81. The Kier molecular flexibility index (Phi) is 3.62. The summed E-state index contributed by atoms with van der Waals surface area (Å²) in [4.78, 5) is 2.32. The van der Waals surface area contributed by atoms with Crippen molar-refractivity contribution in [2.45, 2.75) is 25.4 Å². The first-order chi connectivity index (χ1) is 9.36. The summed E-state index contributed by atoms with van der Waals surface area (Å²) in [5.41, 5.74) is 3.22. The Morgan fingerprint density at radius 1 is 1.26 bits per heavy atom. The number of benzene rings is 1. The minimum absolute atomic E-state index is 0.218. The van der Waals surface area contributed by atoms with Crippen LogP contribution in [0.3, 0.4) is 0 Å². The minimum atomic E-state index is 0.218. The fraction of sp³-hybridized carbons (Fsp3) is 0.400. The molecule has 4 heteroatoms. The van der Waals surface area contributed by atoms with E-state index < -0.39 is 0 Å². The van der Waals surface area contributed by atoms with Gasteiger partial charge in [0.2, 0.25) is 0 Å². The Labute approximate surface area is 113 Å². The Balaban J connectivity index is 1.70. The lowest BCUT2D eigenvalue weighted by molar-refractivity contribution is 0.182. The van der Waals surface area contributed by atoms with E-state index in [-0.39, 0.29) is 6.61 Å². The van der Waals surface area contributed by atoms with E-state index in [1.165, 1.54) is 12.8 Å². The molecule has 1 aromatic heterocycles. The summed E-state index contributed by atoms with van der Waals surface area (Å²) in [6.07, 6.45) is 2.50. The average molecular weight is 257 g/mol. The van der Waals surface area contributed by atoms with Crippen molar-refractivity contribution < 1.29 is 5.11 Å². The predicted octanol–water partition coefficient (Wildman–Crippen LogP) is 2.03. The molecular weight excluding hydrogens is 238 g/mol. The number of aliphatic hydroxyl groups is 1. The average Bonchev–Trinajstić information content (AvgIpc) is 3.19. The van der Waals surface area contributed by atoms with Crippen LogP contribution in [0.15, 0.2) is 36.4 Å². The van der Waals surface area contributed by atoms with Crippen LogP contribution in [0.25, 0.3) is 11.3 Å². The second-order valence-corrected chi connectivity index (χ2v) is 5.07. The summed E-state index contributed by atoms with van der Waals surface area (Å²) in [5, 5.41) is 16.6. The highest BCUT2D eigenvalue weighted by atomic mass is 16.3. The largest absolute Gasteiger partial charge is 0.395 e. The first kappa shape index (κ1) is 12.4. The van der Waals surface area contributed by atoms with Gasteiger partial charge in [0.1, 0.15) is 0 Å². The number of rotatable bonds is 6. The quantitative estimate of drug-likeness (QED) is 0.832.